The SMILES string of the molecule is CCC(O)C(=O)N1CCN(Cc2ccc3cc(Oc4ccc(-c5ccn[nH]5)cn4)ccc3n2)CC1. The van der Waals surface area contributed by atoms with Crippen molar-refractivity contribution in [3.05, 3.63) is 66.6 Å². The summed E-state index contributed by atoms with van der Waals surface area (Å²) in [5.41, 5.74) is 3.73. The Morgan fingerprint density at radius 1 is 1.11 bits per heavy atom. The number of pyridine rings is 2. The number of ether oxygens (including phenoxy) is 1. The lowest BCUT2D eigenvalue weighted by molar-refractivity contribution is -0.142. The van der Waals surface area contributed by atoms with E-state index in [-0.39, 0.29) is 5.91 Å². The fraction of sp³-hybridized carbons (Fsp3) is 0.308. The summed E-state index contributed by atoms with van der Waals surface area (Å²) in [6.45, 7) is 5.32. The number of benzene rings is 1. The zero-order chi connectivity index (χ0) is 24.2. The molecular formula is C26H28N6O3. The van der Waals surface area contributed by atoms with Crippen molar-refractivity contribution < 1.29 is 14.6 Å². The molecule has 1 atom stereocenters. The van der Waals surface area contributed by atoms with Crippen molar-refractivity contribution >= 4 is 16.8 Å². The molecule has 1 aliphatic heterocycles. The van der Waals surface area contributed by atoms with Gasteiger partial charge in [0, 0.05) is 62.1 Å². The Morgan fingerprint density at radius 2 is 1.97 bits per heavy atom. The van der Waals surface area contributed by atoms with Gasteiger partial charge >= 0.3 is 0 Å². The van der Waals surface area contributed by atoms with E-state index in [1.165, 1.54) is 0 Å². The van der Waals surface area contributed by atoms with E-state index < -0.39 is 6.10 Å². The van der Waals surface area contributed by atoms with Gasteiger partial charge in [0.1, 0.15) is 11.9 Å². The average Bonchev–Trinajstić information content (AvgIpc) is 3.44. The molecule has 180 valence electrons. The topological polar surface area (TPSA) is 107 Å². The second kappa shape index (κ2) is 10.2. The number of amides is 1. The molecule has 3 aromatic heterocycles. The maximum atomic E-state index is 12.2. The Morgan fingerprint density at radius 3 is 2.69 bits per heavy atom. The van der Waals surface area contributed by atoms with Gasteiger partial charge in [-0.1, -0.05) is 13.0 Å². The van der Waals surface area contributed by atoms with Crippen LogP contribution in [0.2, 0.25) is 0 Å². The Balaban J connectivity index is 1.20. The number of nitrogens with zero attached hydrogens (tertiary/aromatic N) is 5. The van der Waals surface area contributed by atoms with Crippen LogP contribution in [-0.4, -0.2) is 73.3 Å². The Hall–Kier alpha value is -3.82. The minimum atomic E-state index is -0.894. The summed E-state index contributed by atoms with van der Waals surface area (Å²) in [7, 11) is 0. The van der Waals surface area contributed by atoms with Crippen molar-refractivity contribution in [1.82, 2.24) is 30.0 Å². The van der Waals surface area contributed by atoms with Crippen molar-refractivity contribution in [2.75, 3.05) is 26.2 Å². The van der Waals surface area contributed by atoms with Crippen LogP contribution in [0.1, 0.15) is 19.0 Å². The number of nitrogens with one attached hydrogen (secondary N) is 1. The number of hydrogen-bond acceptors (Lipinski definition) is 7. The number of fused-ring (bicyclic) bond motifs is 1. The fourth-order valence-electron chi connectivity index (χ4n) is 4.18. The highest BCUT2D eigenvalue weighted by Crippen LogP contribution is 2.26. The third kappa shape index (κ3) is 5.31. The van der Waals surface area contributed by atoms with Gasteiger partial charge in [-0.2, -0.15) is 5.10 Å². The first kappa shape index (κ1) is 22.9. The molecule has 4 aromatic rings. The number of piperazine rings is 1. The minimum absolute atomic E-state index is 0.169. The van der Waals surface area contributed by atoms with Gasteiger partial charge in [0.2, 0.25) is 5.88 Å². The average molecular weight is 473 g/mol. The molecule has 35 heavy (non-hydrogen) atoms. The Labute approximate surface area is 203 Å². The van der Waals surface area contributed by atoms with E-state index in [4.69, 9.17) is 9.72 Å². The van der Waals surface area contributed by atoms with E-state index in [1.807, 2.05) is 49.4 Å². The molecule has 5 rings (SSSR count). The molecule has 9 heteroatoms. The van der Waals surface area contributed by atoms with Crippen molar-refractivity contribution in [1.29, 1.82) is 0 Å². The second-order valence-electron chi connectivity index (χ2n) is 8.64. The van der Waals surface area contributed by atoms with Crippen molar-refractivity contribution in [3.63, 3.8) is 0 Å². The number of carbonyl (C=O) groups is 1. The molecule has 1 aromatic carbocycles. The van der Waals surface area contributed by atoms with Crippen molar-refractivity contribution in [2.45, 2.75) is 26.0 Å². The predicted molar refractivity (Wildman–Crippen MR) is 132 cm³/mol. The third-order valence-electron chi connectivity index (χ3n) is 6.23. The first-order valence-corrected chi connectivity index (χ1v) is 11.8. The summed E-state index contributed by atoms with van der Waals surface area (Å²) in [5.74, 6) is 1.04. The normalized spacial score (nSPS) is 15.3. The molecular weight excluding hydrogens is 444 g/mol. The van der Waals surface area contributed by atoms with E-state index in [9.17, 15) is 9.90 Å². The van der Waals surface area contributed by atoms with Crippen molar-refractivity contribution in [3.8, 4) is 22.9 Å². The highest BCUT2D eigenvalue weighted by atomic mass is 16.5. The molecule has 0 bridgehead atoms. The Bertz CT molecular complexity index is 1280. The molecule has 4 heterocycles. The van der Waals surface area contributed by atoms with Crippen LogP contribution in [0.15, 0.2) is 60.9 Å². The molecule has 1 unspecified atom stereocenters. The van der Waals surface area contributed by atoms with E-state index in [0.717, 1.165) is 47.5 Å². The summed E-state index contributed by atoms with van der Waals surface area (Å²) in [4.78, 5) is 25.4. The summed E-state index contributed by atoms with van der Waals surface area (Å²) in [6, 6.07) is 15.5. The molecule has 0 radical (unpaired) electrons. The van der Waals surface area contributed by atoms with E-state index in [1.54, 1.807) is 17.3 Å². The smallest absolute Gasteiger partial charge is 0.251 e. The summed E-state index contributed by atoms with van der Waals surface area (Å²) in [5, 5.41) is 17.7. The van der Waals surface area contributed by atoms with Crippen LogP contribution in [-0.2, 0) is 11.3 Å². The second-order valence-corrected chi connectivity index (χ2v) is 8.64. The van der Waals surface area contributed by atoms with Crippen LogP contribution in [0, 0.1) is 0 Å². The van der Waals surface area contributed by atoms with Crippen LogP contribution in [0.5, 0.6) is 11.6 Å². The standard InChI is InChI=1S/C26H28N6O3/c1-2-24(33)26(34)32-13-11-31(12-14-32)17-20-5-3-18-15-21(6-7-22(18)29-20)35-25-8-4-19(16-27-25)23-9-10-28-30-23/h3-10,15-16,24,33H,2,11-14,17H2,1H3,(H,28,30). The van der Waals surface area contributed by atoms with Gasteiger partial charge in [-0.05, 0) is 42.8 Å². The quantitative estimate of drug-likeness (QED) is 0.425. The van der Waals surface area contributed by atoms with Crippen LogP contribution in [0.25, 0.3) is 22.2 Å². The number of rotatable bonds is 7. The maximum absolute atomic E-state index is 12.2. The van der Waals surface area contributed by atoms with Crippen LogP contribution < -0.4 is 4.74 Å². The van der Waals surface area contributed by atoms with E-state index in [0.29, 0.717) is 31.1 Å². The van der Waals surface area contributed by atoms with Gasteiger partial charge in [0.05, 0.1) is 16.9 Å². The van der Waals surface area contributed by atoms with Crippen LogP contribution >= 0.6 is 0 Å². The number of H-pyrrole nitrogens is 1. The monoisotopic (exact) mass is 472 g/mol. The molecule has 1 saturated heterocycles. The number of aliphatic hydroxyl groups excluding tert-OH is 1. The van der Waals surface area contributed by atoms with E-state index in [2.05, 4.69) is 26.1 Å². The summed E-state index contributed by atoms with van der Waals surface area (Å²) in [6.07, 6.45) is 3.01. The molecule has 0 saturated carbocycles. The zero-order valence-electron chi connectivity index (χ0n) is 19.6. The largest absolute Gasteiger partial charge is 0.439 e. The van der Waals surface area contributed by atoms with Gasteiger partial charge in [-0.3, -0.25) is 19.8 Å². The maximum Gasteiger partial charge on any atom is 0.251 e. The number of aromatic amines is 1. The number of aliphatic hydroxyl groups is 1. The first-order chi connectivity index (χ1) is 17.1. The van der Waals surface area contributed by atoms with Crippen LogP contribution in [0.4, 0.5) is 0 Å². The third-order valence-corrected chi connectivity index (χ3v) is 6.23. The zero-order valence-corrected chi connectivity index (χ0v) is 19.6. The number of aromatic nitrogens is 4. The minimum Gasteiger partial charge on any atom is -0.439 e. The highest BCUT2D eigenvalue weighted by Gasteiger charge is 2.25. The predicted octanol–water partition coefficient (Wildman–Crippen LogP) is 3.23. The lowest BCUT2D eigenvalue weighted by Crippen LogP contribution is -2.51. The van der Waals surface area contributed by atoms with Gasteiger partial charge in [0.25, 0.3) is 5.91 Å². The first-order valence-electron chi connectivity index (χ1n) is 11.8. The molecule has 9 nitrogen and oxygen atoms in total. The Kier molecular flexibility index (Phi) is 6.69. The van der Waals surface area contributed by atoms with E-state index >= 15 is 0 Å². The van der Waals surface area contributed by atoms with Crippen molar-refractivity contribution in [2.24, 2.45) is 0 Å². The number of hydrogen-bond donors (Lipinski definition) is 2. The van der Waals surface area contributed by atoms with Gasteiger partial charge in [-0.25, -0.2) is 4.98 Å². The highest BCUT2D eigenvalue weighted by molar-refractivity contribution is 5.81. The molecule has 1 amide bonds. The molecule has 1 aliphatic rings. The lowest BCUT2D eigenvalue weighted by Gasteiger charge is -2.35. The summed E-state index contributed by atoms with van der Waals surface area (Å²) >= 11 is 0. The lowest BCUT2D eigenvalue weighted by atomic mass is 10.1. The van der Waals surface area contributed by atoms with Gasteiger partial charge in [0.15, 0.2) is 0 Å². The molecule has 1 fully saturated rings. The van der Waals surface area contributed by atoms with Crippen LogP contribution in [0.3, 0.4) is 0 Å². The molecule has 0 aliphatic carbocycles. The number of carbonyl (C=O) groups excluding carboxylic acids is 1. The molecule has 2 N–H and O–H groups in total. The fourth-order valence-corrected chi connectivity index (χ4v) is 4.18. The van der Waals surface area contributed by atoms with Gasteiger partial charge < -0.3 is 14.7 Å². The van der Waals surface area contributed by atoms with Gasteiger partial charge in [-0.15, -0.1) is 0 Å². The summed E-state index contributed by atoms with van der Waals surface area (Å²) < 4.78 is 5.94. The molecule has 0 spiro atoms.